The van der Waals surface area contributed by atoms with Gasteiger partial charge in [-0.3, -0.25) is 14.5 Å². The first kappa shape index (κ1) is 16.4. The fourth-order valence-electron chi connectivity index (χ4n) is 2.58. The Bertz CT molecular complexity index is 543. The van der Waals surface area contributed by atoms with E-state index in [1.807, 2.05) is 0 Å². The summed E-state index contributed by atoms with van der Waals surface area (Å²) in [5.41, 5.74) is 0.414. The van der Waals surface area contributed by atoms with E-state index in [1.54, 1.807) is 18.9 Å². The van der Waals surface area contributed by atoms with Crippen LogP contribution in [0, 0.1) is 6.92 Å². The maximum Gasteiger partial charge on any atom is 0.257 e. The second-order valence-corrected chi connectivity index (χ2v) is 5.74. The van der Waals surface area contributed by atoms with Crippen LogP contribution in [0.1, 0.15) is 30.0 Å². The van der Waals surface area contributed by atoms with E-state index in [-0.39, 0.29) is 11.8 Å². The molecule has 2 heterocycles. The highest BCUT2D eigenvalue weighted by atomic mass is 16.2. The maximum atomic E-state index is 12.7. The summed E-state index contributed by atoms with van der Waals surface area (Å²) in [5, 5.41) is 2.65. The average Bonchev–Trinajstić information content (AvgIpc) is 2.53. The molecule has 1 unspecified atom stereocenters. The molecule has 1 saturated heterocycles. The smallest absolute Gasteiger partial charge is 0.257 e. The lowest BCUT2D eigenvalue weighted by Gasteiger charge is -2.42. The Morgan fingerprint density at radius 3 is 2.45 bits per heavy atom. The van der Waals surface area contributed by atoms with Crippen molar-refractivity contribution in [2.24, 2.45) is 0 Å². The number of nitrogens with one attached hydrogen (secondary N) is 1. The minimum atomic E-state index is -0.491. The number of aromatic nitrogens is 2. The molecule has 1 aromatic heterocycles. The predicted molar refractivity (Wildman–Crippen MR) is 82.4 cm³/mol. The summed E-state index contributed by atoms with van der Waals surface area (Å²) in [7, 11) is 1.59. The first-order chi connectivity index (χ1) is 10.4. The third-order valence-electron chi connectivity index (χ3n) is 3.98. The number of carbonyl (C=O) groups is 2. The molecule has 1 fully saturated rings. The van der Waals surface area contributed by atoms with Gasteiger partial charge in [-0.2, -0.15) is 0 Å². The quantitative estimate of drug-likeness (QED) is 0.855. The van der Waals surface area contributed by atoms with E-state index in [9.17, 15) is 9.59 Å². The van der Waals surface area contributed by atoms with Gasteiger partial charge in [-0.1, -0.05) is 0 Å². The van der Waals surface area contributed by atoms with Crippen molar-refractivity contribution in [3.8, 4) is 0 Å². The molecule has 0 aromatic carbocycles. The summed E-state index contributed by atoms with van der Waals surface area (Å²) in [5.74, 6) is 0.271. The monoisotopic (exact) mass is 305 g/mol. The van der Waals surface area contributed by atoms with Crippen LogP contribution in [0.25, 0.3) is 0 Å². The Labute approximate surface area is 130 Å². The highest BCUT2D eigenvalue weighted by Gasteiger charge is 2.36. The zero-order chi connectivity index (χ0) is 16.3. The number of likely N-dealkylation sites (N-methyl/N-ethyl adjacent to an activating group) is 1. The Morgan fingerprint density at radius 1 is 1.27 bits per heavy atom. The Balaban J connectivity index is 2.21. The van der Waals surface area contributed by atoms with Crippen molar-refractivity contribution in [2.45, 2.75) is 32.9 Å². The summed E-state index contributed by atoms with van der Waals surface area (Å²) in [6, 6.07) is -0.151. The fourth-order valence-corrected chi connectivity index (χ4v) is 2.58. The van der Waals surface area contributed by atoms with Crippen molar-refractivity contribution in [3.63, 3.8) is 0 Å². The average molecular weight is 305 g/mol. The van der Waals surface area contributed by atoms with E-state index in [4.69, 9.17) is 0 Å². The zero-order valence-electron chi connectivity index (χ0n) is 13.5. The SMILES string of the molecule is CNC(=O)C1CN(C(C)C)CCN1C(=O)c1cnc(C)nc1. The highest BCUT2D eigenvalue weighted by molar-refractivity contribution is 5.97. The number of amides is 2. The molecule has 1 N–H and O–H groups in total. The summed E-state index contributed by atoms with van der Waals surface area (Å²) in [6.45, 7) is 7.75. The topological polar surface area (TPSA) is 78.4 Å². The van der Waals surface area contributed by atoms with Gasteiger partial charge in [0.2, 0.25) is 5.91 Å². The van der Waals surface area contributed by atoms with Crippen LogP contribution >= 0.6 is 0 Å². The summed E-state index contributed by atoms with van der Waals surface area (Å²) >= 11 is 0. The summed E-state index contributed by atoms with van der Waals surface area (Å²) in [4.78, 5) is 36.8. The van der Waals surface area contributed by atoms with Crippen molar-refractivity contribution in [1.29, 1.82) is 0 Å². The van der Waals surface area contributed by atoms with Gasteiger partial charge in [-0.25, -0.2) is 9.97 Å². The van der Waals surface area contributed by atoms with E-state index >= 15 is 0 Å². The molecule has 1 aliphatic rings. The first-order valence-corrected chi connectivity index (χ1v) is 7.49. The Morgan fingerprint density at radius 2 is 1.91 bits per heavy atom. The lowest BCUT2D eigenvalue weighted by atomic mass is 10.1. The third-order valence-corrected chi connectivity index (χ3v) is 3.98. The molecule has 7 heteroatoms. The second-order valence-electron chi connectivity index (χ2n) is 5.74. The first-order valence-electron chi connectivity index (χ1n) is 7.49. The number of hydrogen-bond acceptors (Lipinski definition) is 5. The van der Waals surface area contributed by atoms with Crippen LogP contribution < -0.4 is 5.32 Å². The van der Waals surface area contributed by atoms with Crippen molar-refractivity contribution in [3.05, 3.63) is 23.8 Å². The summed E-state index contributed by atoms with van der Waals surface area (Å²) in [6.07, 6.45) is 3.03. The van der Waals surface area contributed by atoms with Gasteiger partial charge >= 0.3 is 0 Å². The van der Waals surface area contributed by atoms with Gasteiger partial charge in [-0.15, -0.1) is 0 Å². The molecule has 0 aliphatic carbocycles. The lowest BCUT2D eigenvalue weighted by molar-refractivity contribution is -0.127. The predicted octanol–water partition coefficient (Wildman–Crippen LogP) is 0.0658. The standard InChI is InChI=1S/C15H23N5O2/c1-10(2)19-5-6-20(13(9-19)14(21)16-4)15(22)12-7-17-11(3)18-8-12/h7-8,10,13H,5-6,9H2,1-4H3,(H,16,21). The molecule has 0 saturated carbocycles. The highest BCUT2D eigenvalue weighted by Crippen LogP contribution is 2.16. The van der Waals surface area contributed by atoms with Gasteiger partial charge in [0.25, 0.3) is 5.91 Å². The van der Waals surface area contributed by atoms with Crippen LogP contribution in [0.2, 0.25) is 0 Å². The molecule has 1 aliphatic heterocycles. The van der Waals surface area contributed by atoms with Crippen molar-refractivity contribution >= 4 is 11.8 Å². The van der Waals surface area contributed by atoms with Crippen LogP contribution in [0.4, 0.5) is 0 Å². The van der Waals surface area contributed by atoms with Gasteiger partial charge in [0.05, 0.1) is 5.56 Å². The summed E-state index contributed by atoms with van der Waals surface area (Å²) < 4.78 is 0. The van der Waals surface area contributed by atoms with Gasteiger partial charge in [-0.05, 0) is 20.8 Å². The molecule has 120 valence electrons. The van der Waals surface area contributed by atoms with Crippen LogP contribution in [0.3, 0.4) is 0 Å². The van der Waals surface area contributed by atoms with Crippen LogP contribution in [-0.4, -0.2) is 70.3 Å². The molecule has 1 atom stereocenters. The second kappa shape index (κ2) is 6.83. The van der Waals surface area contributed by atoms with Gasteiger partial charge in [0.15, 0.2) is 0 Å². The molecule has 1 aromatic rings. The Kier molecular flexibility index (Phi) is 5.07. The number of hydrogen-bond donors (Lipinski definition) is 1. The van der Waals surface area contributed by atoms with E-state index in [0.29, 0.717) is 30.5 Å². The molecule has 22 heavy (non-hydrogen) atoms. The molecule has 7 nitrogen and oxygen atoms in total. The third kappa shape index (κ3) is 3.41. The molecular weight excluding hydrogens is 282 g/mol. The number of carbonyl (C=O) groups excluding carboxylic acids is 2. The number of aryl methyl sites for hydroxylation is 1. The molecule has 0 radical (unpaired) electrons. The molecule has 2 rings (SSSR count). The largest absolute Gasteiger partial charge is 0.357 e. The van der Waals surface area contributed by atoms with E-state index < -0.39 is 6.04 Å². The van der Waals surface area contributed by atoms with Crippen molar-refractivity contribution in [1.82, 2.24) is 25.1 Å². The fraction of sp³-hybridized carbons (Fsp3) is 0.600. The molecule has 0 spiro atoms. The van der Waals surface area contributed by atoms with Gasteiger partial charge < -0.3 is 10.2 Å². The number of nitrogens with zero attached hydrogens (tertiary/aromatic N) is 4. The minimum absolute atomic E-state index is 0.147. The zero-order valence-corrected chi connectivity index (χ0v) is 13.5. The minimum Gasteiger partial charge on any atom is -0.357 e. The van der Waals surface area contributed by atoms with E-state index in [2.05, 4.69) is 34.0 Å². The van der Waals surface area contributed by atoms with Crippen LogP contribution in [-0.2, 0) is 4.79 Å². The lowest BCUT2D eigenvalue weighted by Crippen LogP contribution is -2.61. The van der Waals surface area contributed by atoms with Crippen molar-refractivity contribution < 1.29 is 9.59 Å². The normalized spacial score (nSPS) is 19.3. The van der Waals surface area contributed by atoms with E-state index in [0.717, 1.165) is 6.54 Å². The van der Waals surface area contributed by atoms with Gasteiger partial charge in [0.1, 0.15) is 11.9 Å². The molecular formula is C15H23N5O2. The number of piperazine rings is 1. The van der Waals surface area contributed by atoms with Crippen LogP contribution in [0.15, 0.2) is 12.4 Å². The van der Waals surface area contributed by atoms with E-state index in [1.165, 1.54) is 12.4 Å². The number of rotatable bonds is 3. The van der Waals surface area contributed by atoms with Gasteiger partial charge in [0, 0.05) is 45.1 Å². The maximum absolute atomic E-state index is 12.7. The molecule has 0 bridgehead atoms. The van der Waals surface area contributed by atoms with Crippen LogP contribution in [0.5, 0.6) is 0 Å². The van der Waals surface area contributed by atoms with Crippen molar-refractivity contribution in [2.75, 3.05) is 26.7 Å². The Hall–Kier alpha value is -2.02. The molecule has 2 amide bonds.